The number of carbonyl (C=O) groups excluding carboxylic acids is 1. The summed E-state index contributed by atoms with van der Waals surface area (Å²) in [5.74, 6) is 0.641. The fourth-order valence-electron chi connectivity index (χ4n) is 1.71. The van der Waals surface area contributed by atoms with Gasteiger partial charge in [0, 0.05) is 6.20 Å². The number of hydrogen-bond donors (Lipinski definition) is 1. The smallest absolute Gasteiger partial charge is 0.253 e. The summed E-state index contributed by atoms with van der Waals surface area (Å²) < 4.78 is 6.34. The Balaban J connectivity index is 1.83. The first-order chi connectivity index (χ1) is 10.0. The van der Waals surface area contributed by atoms with Crippen LogP contribution in [0, 0.1) is 6.92 Å². The second-order valence-electron chi connectivity index (χ2n) is 4.87. The van der Waals surface area contributed by atoms with Crippen LogP contribution in [-0.4, -0.2) is 23.5 Å². The Morgan fingerprint density at radius 3 is 2.62 bits per heavy atom. The Morgan fingerprint density at radius 2 is 2.00 bits per heavy atom. The van der Waals surface area contributed by atoms with Gasteiger partial charge in [-0.15, -0.1) is 0 Å². The molecule has 0 bridgehead atoms. The Hall–Kier alpha value is -1.88. The molecule has 0 aliphatic heterocycles. The Morgan fingerprint density at radius 1 is 1.29 bits per heavy atom. The number of pyridine rings is 1. The van der Waals surface area contributed by atoms with Gasteiger partial charge in [0.1, 0.15) is 17.0 Å². The summed E-state index contributed by atoms with van der Waals surface area (Å²) in [7, 11) is 0. The molecule has 0 spiro atoms. The number of aromatic nitrogens is 1. The van der Waals surface area contributed by atoms with Crippen molar-refractivity contribution in [1.82, 2.24) is 10.3 Å². The third-order valence-electron chi connectivity index (χ3n) is 2.89. The minimum atomic E-state index is -0.157. The van der Waals surface area contributed by atoms with E-state index in [1.54, 1.807) is 12.1 Å². The number of benzene rings is 1. The molecule has 0 aliphatic rings. The van der Waals surface area contributed by atoms with E-state index >= 15 is 0 Å². The molecule has 1 amide bonds. The van der Waals surface area contributed by atoms with E-state index < -0.39 is 0 Å². The van der Waals surface area contributed by atoms with Gasteiger partial charge >= 0.3 is 0 Å². The highest BCUT2D eigenvalue weighted by atomic mass is 79.9. The predicted molar refractivity (Wildman–Crippen MR) is 85.5 cm³/mol. The molecule has 4 nitrogen and oxygen atoms in total. The maximum absolute atomic E-state index is 12.0. The summed E-state index contributed by atoms with van der Waals surface area (Å²) in [4.78, 5) is 16.0. The van der Waals surface area contributed by atoms with Crippen molar-refractivity contribution in [1.29, 1.82) is 0 Å². The van der Waals surface area contributed by atoms with Gasteiger partial charge in [-0.3, -0.25) is 4.79 Å². The minimum Gasteiger partial charge on any atom is -0.491 e. The van der Waals surface area contributed by atoms with Gasteiger partial charge in [0.2, 0.25) is 0 Å². The molecule has 1 aromatic heterocycles. The Bertz CT molecular complexity index is 597. The van der Waals surface area contributed by atoms with E-state index in [9.17, 15) is 4.79 Å². The van der Waals surface area contributed by atoms with E-state index in [1.807, 2.05) is 38.1 Å². The summed E-state index contributed by atoms with van der Waals surface area (Å²) in [5.41, 5.74) is 1.71. The SMILES string of the molecule is Cc1ccc(OCC(C)NC(=O)c2ccc(Br)nc2)cc1. The summed E-state index contributed by atoms with van der Waals surface area (Å²) in [6, 6.07) is 11.2. The third kappa shape index (κ3) is 4.86. The topological polar surface area (TPSA) is 51.2 Å². The number of amides is 1. The minimum absolute atomic E-state index is 0.0950. The van der Waals surface area contributed by atoms with Crippen LogP contribution in [0.2, 0.25) is 0 Å². The number of rotatable bonds is 5. The molecule has 2 rings (SSSR count). The van der Waals surface area contributed by atoms with Crippen molar-refractivity contribution in [2.75, 3.05) is 6.61 Å². The first-order valence-corrected chi connectivity index (χ1v) is 7.46. The van der Waals surface area contributed by atoms with Gasteiger partial charge in [-0.25, -0.2) is 4.98 Å². The second kappa shape index (κ2) is 7.22. The van der Waals surface area contributed by atoms with Crippen LogP contribution >= 0.6 is 15.9 Å². The van der Waals surface area contributed by atoms with Gasteiger partial charge in [-0.2, -0.15) is 0 Å². The molecule has 1 aromatic carbocycles. The van der Waals surface area contributed by atoms with Crippen molar-refractivity contribution >= 4 is 21.8 Å². The normalized spacial score (nSPS) is 11.8. The van der Waals surface area contributed by atoms with Gasteiger partial charge in [0.15, 0.2) is 0 Å². The summed E-state index contributed by atoms with van der Waals surface area (Å²) in [5, 5.41) is 2.88. The Kier molecular flexibility index (Phi) is 5.33. The maximum atomic E-state index is 12.0. The van der Waals surface area contributed by atoms with Crippen LogP contribution < -0.4 is 10.1 Å². The number of halogens is 1. The van der Waals surface area contributed by atoms with Crippen LogP contribution in [-0.2, 0) is 0 Å². The van der Waals surface area contributed by atoms with Crippen molar-refractivity contribution < 1.29 is 9.53 Å². The van der Waals surface area contributed by atoms with E-state index in [0.29, 0.717) is 16.8 Å². The van der Waals surface area contributed by atoms with Gasteiger partial charge < -0.3 is 10.1 Å². The summed E-state index contributed by atoms with van der Waals surface area (Å²) >= 11 is 3.24. The molecular weight excluding hydrogens is 332 g/mol. The fourth-order valence-corrected chi connectivity index (χ4v) is 1.95. The average molecular weight is 349 g/mol. The van der Waals surface area contributed by atoms with E-state index in [-0.39, 0.29) is 11.9 Å². The molecule has 1 unspecified atom stereocenters. The van der Waals surface area contributed by atoms with Crippen molar-refractivity contribution in [3.05, 3.63) is 58.3 Å². The standard InChI is InChI=1S/C16H17BrN2O2/c1-11-3-6-14(7-4-11)21-10-12(2)19-16(20)13-5-8-15(17)18-9-13/h3-9,12H,10H2,1-2H3,(H,19,20). The van der Waals surface area contributed by atoms with Crippen molar-refractivity contribution in [2.24, 2.45) is 0 Å². The van der Waals surface area contributed by atoms with Gasteiger partial charge in [-0.1, -0.05) is 17.7 Å². The van der Waals surface area contributed by atoms with E-state index in [1.165, 1.54) is 11.8 Å². The molecule has 1 atom stereocenters. The van der Waals surface area contributed by atoms with Gasteiger partial charge in [0.05, 0.1) is 11.6 Å². The van der Waals surface area contributed by atoms with Crippen molar-refractivity contribution in [3.63, 3.8) is 0 Å². The molecule has 1 heterocycles. The quantitative estimate of drug-likeness (QED) is 0.843. The lowest BCUT2D eigenvalue weighted by molar-refractivity contribution is 0.0926. The largest absolute Gasteiger partial charge is 0.491 e. The maximum Gasteiger partial charge on any atom is 0.253 e. The first kappa shape index (κ1) is 15.5. The molecule has 5 heteroatoms. The zero-order valence-electron chi connectivity index (χ0n) is 12.0. The van der Waals surface area contributed by atoms with Crippen LogP contribution in [0.15, 0.2) is 47.2 Å². The Labute approximate surface area is 132 Å². The third-order valence-corrected chi connectivity index (χ3v) is 3.36. The first-order valence-electron chi connectivity index (χ1n) is 6.66. The van der Waals surface area contributed by atoms with E-state index in [2.05, 4.69) is 26.2 Å². The highest BCUT2D eigenvalue weighted by Crippen LogP contribution is 2.11. The molecule has 0 fully saturated rings. The highest BCUT2D eigenvalue weighted by Gasteiger charge is 2.10. The summed E-state index contributed by atoms with van der Waals surface area (Å²) in [6.45, 7) is 4.34. The molecule has 0 radical (unpaired) electrons. The monoisotopic (exact) mass is 348 g/mol. The molecular formula is C16H17BrN2O2. The number of carbonyl (C=O) groups is 1. The summed E-state index contributed by atoms with van der Waals surface area (Å²) in [6.07, 6.45) is 1.53. The zero-order valence-corrected chi connectivity index (χ0v) is 13.6. The fraction of sp³-hybridized carbons (Fsp3) is 0.250. The van der Waals surface area contributed by atoms with Crippen LogP contribution in [0.25, 0.3) is 0 Å². The number of nitrogens with one attached hydrogen (secondary N) is 1. The lowest BCUT2D eigenvalue weighted by atomic mass is 10.2. The number of hydrogen-bond acceptors (Lipinski definition) is 3. The number of nitrogens with zero attached hydrogens (tertiary/aromatic N) is 1. The van der Waals surface area contributed by atoms with Gasteiger partial charge in [-0.05, 0) is 54.0 Å². The lowest BCUT2D eigenvalue weighted by Gasteiger charge is -2.15. The van der Waals surface area contributed by atoms with Crippen molar-refractivity contribution in [2.45, 2.75) is 19.9 Å². The van der Waals surface area contributed by atoms with Gasteiger partial charge in [0.25, 0.3) is 5.91 Å². The predicted octanol–water partition coefficient (Wildman–Crippen LogP) is 3.35. The second-order valence-corrected chi connectivity index (χ2v) is 5.68. The molecule has 21 heavy (non-hydrogen) atoms. The van der Waals surface area contributed by atoms with Crippen molar-refractivity contribution in [3.8, 4) is 5.75 Å². The van der Waals surface area contributed by atoms with E-state index in [4.69, 9.17) is 4.74 Å². The van der Waals surface area contributed by atoms with Crippen LogP contribution in [0.5, 0.6) is 5.75 Å². The lowest BCUT2D eigenvalue weighted by Crippen LogP contribution is -2.36. The van der Waals surface area contributed by atoms with Crippen LogP contribution in [0.4, 0.5) is 0 Å². The molecule has 0 saturated carbocycles. The zero-order chi connectivity index (χ0) is 15.2. The highest BCUT2D eigenvalue weighted by molar-refractivity contribution is 9.10. The molecule has 110 valence electrons. The van der Waals surface area contributed by atoms with E-state index in [0.717, 1.165) is 5.75 Å². The molecule has 0 saturated heterocycles. The molecule has 0 aliphatic carbocycles. The molecule has 2 aromatic rings. The van der Waals surface area contributed by atoms with Crippen LogP contribution in [0.1, 0.15) is 22.8 Å². The number of ether oxygens (including phenoxy) is 1. The number of aryl methyl sites for hydroxylation is 1. The van der Waals surface area contributed by atoms with Crippen LogP contribution in [0.3, 0.4) is 0 Å². The average Bonchev–Trinajstić information content (AvgIpc) is 2.47. The molecule has 1 N–H and O–H groups in total.